The standard InChI is InChI=1S/C14H21N5O2S3.HI/c1-4-16-14(18-8-12-19-9(2)10(3)22-12)17-7-11-5-6-13(23-11)24(15,20)21;/h5-6H,4,7-8H2,1-3H3,(H2,15,20,21)(H2,16,17,18);1H. The molecule has 140 valence electrons. The highest BCUT2D eigenvalue weighted by Gasteiger charge is 2.11. The van der Waals surface area contributed by atoms with Crippen molar-refractivity contribution in [1.82, 2.24) is 15.6 Å². The normalized spacial score (nSPS) is 11.9. The highest BCUT2D eigenvalue weighted by atomic mass is 127. The van der Waals surface area contributed by atoms with E-state index in [0.717, 1.165) is 33.5 Å². The van der Waals surface area contributed by atoms with Crippen molar-refractivity contribution in [2.24, 2.45) is 10.1 Å². The molecule has 0 saturated carbocycles. The number of primary sulfonamides is 1. The Morgan fingerprint density at radius 1 is 1.28 bits per heavy atom. The van der Waals surface area contributed by atoms with Crippen LogP contribution in [0.5, 0.6) is 0 Å². The number of aromatic nitrogens is 1. The molecule has 0 saturated heterocycles. The Bertz CT molecular complexity index is 810. The van der Waals surface area contributed by atoms with E-state index in [-0.39, 0.29) is 28.2 Å². The Balaban J connectivity index is 0.00000312. The van der Waals surface area contributed by atoms with Gasteiger partial charge in [0, 0.05) is 16.3 Å². The Morgan fingerprint density at radius 2 is 2.00 bits per heavy atom. The number of guanidine groups is 1. The summed E-state index contributed by atoms with van der Waals surface area (Å²) in [5, 5.41) is 12.5. The van der Waals surface area contributed by atoms with Crippen LogP contribution in [-0.2, 0) is 23.1 Å². The first-order valence-electron chi connectivity index (χ1n) is 7.36. The lowest BCUT2D eigenvalue weighted by atomic mass is 10.4. The van der Waals surface area contributed by atoms with Crippen molar-refractivity contribution in [1.29, 1.82) is 0 Å². The highest BCUT2D eigenvalue weighted by molar-refractivity contribution is 14.0. The van der Waals surface area contributed by atoms with E-state index in [0.29, 0.717) is 19.0 Å². The molecule has 0 unspecified atom stereocenters. The Hall–Kier alpha value is -0.760. The van der Waals surface area contributed by atoms with Crippen LogP contribution in [-0.4, -0.2) is 25.9 Å². The van der Waals surface area contributed by atoms with Crippen LogP contribution < -0.4 is 15.8 Å². The average Bonchev–Trinajstić information content (AvgIpc) is 3.09. The molecular weight excluding hydrogens is 493 g/mol. The van der Waals surface area contributed by atoms with Gasteiger partial charge in [-0.1, -0.05) is 0 Å². The van der Waals surface area contributed by atoms with Gasteiger partial charge in [0.2, 0.25) is 10.0 Å². The third-order valence-corrected chi connectivity index (χ3v) is 6.72. The minimum Gasteiger partial charge on any atom is -0.357 e. The van der Waals surface area contributed by atoms with Gasteiger partial charge in [0.05, 0.1) is 18.8 Å². The maximum absolute atomic E-state index is 11.3. The molecule has 2 aromatic rings. The fraction of sp³-hybridized carbons (Fsp3) is 0.429. The largest absolute Gasteiger partial charge is 0.357 e. The van der Waals surface area contributed by atoms with E-state index in [4.69, 9.17) is 5.14 Å². The van der Waals surface area contributed by atoms with Crippen LogP contribution in [0, 0.1) is 13.8 Å². The van der Waals surface area contributed by atoms with Crippen LogP contribution in [0.3, 0.4) is 0 Å². The van der Waals surface area contributed by atoms with Gasteiger partial charge in [-0.05, 0) is 32.9 Å². The number of thiophene rings is 1. The first kappa shape index (κ1) is 22.3. The number of sulfonamides is 1. The van der Waals surface area contributed by atoms with E-state index in [1.807, 2.05) is 13.8 Å². The number of hydrogen-bond acceptors (Lipinski definition) is 6. The van der Waals surface area contributed by atoms with Crippen molar-refractivity contribution in [2.45, 2.75) is 38.1 Å². The van der Waals surface area contributed by atoms with Crippen LogP contribution in [0.4, 0.5) is 0 Å². The first-order chi connectivity index (χ1) is 11.3. The Kier molecular flexibility index (Phi) is 8.74. The van der Waals surface area contributed by atoms with Gasteiger partial charge in [-0.2, -0.15) is 0 Å². The molecule has 0 atom stereocenters. The molecule has 0 radical (unpaired) electrons. The number of aliphatic imine (C=N–C) groups is 1. The molecule has 0 aliphatic rings. The third kappa shape index (κ3) is 6.81. The number of rotatable bonds is 6. The molecular formula is C14H22IN5O2S3. The number of nitrogens with zero attached hydrogens (tertiary/aromatic N) is 2. The van der Waals surface area contributed by atoms with Crippen LogP contribution in [0.1, 0.15) is 27.4 Å². The predicted molar refractivity (Wildman–Crippen MR) is 114 cm³/mol. The summed E-state index contributed by atoms with van der Waals surface area (Å²) in [7, 11) is -3.65. The molecule has 0 aromatic carbocycles. The summed E-state index contributed by atoms with van der Waals surface area (Å²) in [5.41, 5.74) is 1.05. The monoisotopic (exact) mass is 515 g/mol. The second kappa shape index (κ2) is 9.80. The molecule has 2 aromatic heterocycles. The molecule has 4 N–H and O–H groups in total. The van der Waals surface area contributed by atoms with Crippen molar-refractivity contribution in [3.8, 4) is 0 Å². The zero-order valence-corrected chi connectivity index (χ0v) is 19.0. The molecule has 2 heterocycles. The van der Waals surface area contributed by atoms with Crippen molar-refractivity contribution in [3.05, 3.63) is 32.6 Å². The third-order valence-electron chi connectivity index (χ3n) is 3.13. The molecule has 0 fully saturated rings. The number of aryl methyl sites for hydroxylation is 2. The summed E-state index contributed by atoms with van der Waals surface area (Å²) < 4.78 is 22.7. The SMILES string of the molecule is CCNC(=NCc1ccc(S(N)(=O)=O)s1)NCc1nc(C)c(C)s1.I. The number of halogens is 1. The minimum atomic E-state index is -3.65. The van der Waals surface area contributed by atoms with Gasteiger partial charge in [-0.15, -0.1) is 46.7 Å². The quantitative estimate of drug-likeness (QED) is 0.311. The summed E-state index contributed by atoms with van der Waals surface area (Å²) in [6, 6.07) is 3.23. The molecule has 0 aliphatic heterocycles. The van der Waals surface area contributed by atoms with Crippen molar-refractivity contribution < 1.29 is 8.42 Å². The van der Waals surface area contributed by atoms with Gasteiger partial charge < -0.3 is 10.6 Å². The summed E-state index contributed by atoms with van der Waals surface area (Å²) in [5.74, 6) is 0.661. The van der Waals surface area contributed by atoms with Crippen LogP contribution in [0.25, 0.3) is 0 Å². The fourth-order valence-corrected chi connectivity index (χ4v) is 4.45. The van der Waals surface area contributed by atoms with Crippen molar-refractivity contribution >= 4 is 62.6 Å². The van der Waals surface area contributed by atoms with Gasteiger partial charge in [-0.25, -0.2) is 23.5 Å². The lowest BCUT2D eigenvalue weighted by Gasteiger charge is -2.09. The van der Waals surface area contributed by atoms with E-state index >= 15 is 0 Å². The molecule has 25 heavy (non-hydrogen) atoms. The second-order valence-corrected chi connectivity index (χ2v) is 9.31. The number of thiazole rings is 1. The van der Waals surface area contributed by atoms with E-state index in [2.05, 4.69) is 27.5 Å². The Morgan fingerprint density at radius 3 is 2.52 bits per heavy atom. The summed E-state index contributed by atoms with van der Waals surface area (Å²) >= 11 is 2.79. The van der Waals surface area contributed by atoms with Crippen LogP contribution in [0.2, 0.25) is 0 Å². The van der Waals surface area contributed by atoms with Gasteiger partial charge in [0.15, 0.2) is 5.96 Å². The summed E-state index contributed by atoms with van der Waals surface area (Å²) in [6.07, 6.45) is 0. The molecule has 0 bridgehead atoms. The average molecular weight is 515 g/mol. The molecule has 0 aliphatic carbocycles. The molecule has 7 nitrogen and oxygen atoms in total. The molecule has 0 spiro atoms. The predicted octanol–water partition coefficient (Wildman–Crippen LogP) is 2.34. The zero-order chi connectivity index (χ0) is 17.7. The highest BCUT2D eigenvalue weighted by Crippen LogP contribution is 2.21. The minimum absolute atomic E-state index is 0. The van der Waals surface area contributed by atoms with E-state index in [1.165, 1.54) is 10.9 Å². The zero-order valence-electron chi connectivity index (χ0n) is 14.2. The fourth-order valence-electron chi connectivity index (χ4n) is 1.87. The van der Waals surface area contributed by atoms with Gasteiger partial charge in [0.1, 0.15) is 9.22 Å². The second-order valence-electron chi connectivity index (χ2n) is 5.06. The lowest BCUT2D eigenvalue weighted by molar-refractivity contribution is 0.600. The van der Waals surface area contributed by atoms with E-state index < -0.39 is 10.0 Å². The number of nitrogens with one attached hydrogen (secondary N) is 2. The summed E-state index contributed by atoms with van der Waals surface area (Å²) in [4.78, 5) is 11.0. The van der Waals surface area contributed by atoms with Gasteiger partial charge in [-0.3, -0.25) is 0 Å². The first-order valence-corrected chi connectivity index (χ1v) is 10.5. The van der Waals surface area contributed by atoms with Gasteiger partial charge in [0.25, 0.3) is 0 Å². The van der Waals surface area contributed by atoms with E-state index in [1.54, 1.807) is 17.4 Å². The molecule has 0 amide bonds. The van der Waals surface area contributed by atoms with Crippen LogP contribution in [0.15, 0.2) is 21.3 Å². The maximum atomic E-state index is 11.3. The number of nitrogens with two attached hydrogens (primary N) is 1. The molecule has 11 heteroatoms. The van der Waals surface area contributed by atoms with Crippen molar-refractivity contribution in [2.75, 3.05) is 6.54 Å². The topological polar surface area (TPSA) is 109 Å². The maximum Gasteiger partial charge on any atom is 0.247 e. The van der Waals surface area contributed by atoms with Crippen molar-refractivity contribution in [3.63, 3.8) is 0 Å². The number of hydrogen-bond donors (Lipinski definition) is 3. The molecule has 2 rings (SSSR count). The summed E-state index contributed by atoms with van der Waals surface area (Å²) in [6.45, 7) is 7.74. The van der Waals surface area contributed by atoms with E-state index in [9.17, 15) is 8.42 Å². The van der Waals surface area contributed by atoms with Gasteiger partial charge >= 0.3 is 0 Å². The Labute approximate surface area is 173 Å². The lowest BCUT2D eigenvalue weighted by Crippen LogP contribution is -2.36. The van der Waals surface area contributed by atoms with Crippen LogP contribution >= 0.6 is 46.7 Å². The smallest absolute Gasteiger partial charge is 0.247 e.